The smallest absolute Gasteiger partial charge is 0.0822 e. The third-order valence-corrected chi connectivity index (χ3v) is 2.44. The molecule has 3 heteroatoms. The third-order valence-electron chi connectivity index (χ3n) is 2.15. The molecule has 0 aliphatic carbocycles. The van der Waals surface area contributed by atoms with Crippen molar-refractivity contribution in [3.05, 3.63) is 35.6 Å². The molecule has 0 saturated carbocycles. The first kappa shape index (κ1) is 8.57. The zero-order valence-corrected chi connectivity index (χ0v) is 8.04. The number of nitrogens with zero attached hydrogens (tertiary/aromatic N) is 2. The molecular weight excluding hydrogens is 184 g/mol. The Bertz CT molecular complexity index is 322. The van der Waals surface area contributed by atoms with Gasteiger partial charge in [-0.05, 0) is 12.5 Å². The maximum atomic E-state index is 6.03. The van der Waals surface area contributed by atoms with E-state index < -0.39 is 0 Å². The molecule has 0 unspecified atom stereocenters. The fourth-order valence-corrected chi connectivity index (χ4v) is 1.72. The van der Waals surface area contributed by atoms with Crippen LogP contribution >= 0.6 is 11.6 Å². The number of anilines is 1. The van der Waals surface area contributed by atoms with Gasteiger partial charge < -0.3 is 4.90 Å². The first-order valence-electron chi connectivity index (χ1n) is 4.37. The second-order valence-corrected chi connectivity index (χ2v) is 3.44. The van der Waals surface area contributed by atoms with Gasteiger partial charge in [0, 0.05) is 25.5 Å². The summed E-state index contributed by atoms with van der Waals surface area (Å²) < 4.78 is 0. The van der Waals surface area contributed by atoms with E-state index in [1.165, 1.54) is 0 Å². The molecule has 0 N–H and O–H groups in total. The minimum Gasteiger partial charge on any atom is -0.366 e. The average molecular weight is 195 g/mol. The van der Waals surface area contributed by atoms with E-state index in [1.807, 2.05) is 6.07 Å². The lowest BCUT2D eigenvalue weighted by Crippen LogP contribution is -2.26. The maximum Gasteiger partial charge on any atom is 0.0822 e. The second kappa shape index (κ2) is 3.79. The third kappa shape index (κ3) is 1.83. The molecule has 1 aliphatic heterocycles. The van der Waals surface area contributed by atoms with Crippen LogP contribution in [-0.4, -0.2) is 18.1 Å². The van der Waals surface area contributed by atoms with Crippen LogP contribution in [0.3, 0.4) is 0 Å². The summed E-state index contributed by atoms with van der Waals surface area (Å²) in [7, 11) is 0. The van der Waals surface area contributed by atoms with Gasteiger partial charge in [-0.15, -0.1) is 0 Å². The molecule has 1 aliphatic rings. The van der Waals surface area contributed by atoms with Crippen molar-refractivity contribution >= 4 is 17.3 Å². The fraction of sp³-hybridized carbons (Fsp3) is 0.300. The van der Waals surface area contributed by atoms with Crippen LogP contribution in [0.15, 0.2) is 30.6 Å². The zero-order chi connectivity index (χ0) is 9.10. The molecule has 0 bridgehead atoms. The second-order valence-electron chi connectivity index (χ2n) is 3.03. The van der Waals surface area contributed by atoms with Gasteiger partial charge in [-0.2, -0.15) is 0 Å². The number of hydrogen-bond donors (Lipinski definition) is 0. The van der Waals surface area contributed by atoms with Gasteiger partial charge in [-0.25, -0.2) is 0 Å². The monoisotopic (exact) mass is 194 g/mol. The number of aromatic nitrogens is 1. The van der Waals surface area contributed by atoms with Crippen molar-refractivity contribution in [1.82, 2.24) is 4.98 Å². The lowest BCUT2D eigenvalue weighted by molar-refractivity contribution is 0.820. The Morgan fingerprint density at radius 1 is 1.38 bits per heavy atom. The van der Waals surface area contributed by atoms with E-state index in [1.54, 1.807) is 12.4 Å². The summed E-state index contributed by atoms with van der Waals surface area (Å²) in [5.74, 6) is 0. The highest BCUT2D eigenvalue weighted by molar-refractivity contribution is 6.33. The van der Waals surface area contributed by atoms with Crippen molar-refractivity contribution in [3.8, 4) is 0 Å². The Labute approximate surface area is 82.8 Å². The average Bonchev–Trinajstić information content (AvgIpc) is 2.20. The predicted octanol–water partition coefficient (Wildman–Crippen LogP) is 2.50. The van der Waals surface area contributed by atoms with Crippen LogP contribution in [0.4, 0.5) is 5.69 Å². The van der Waals surface area contributed by atoms with Crippen molar-refractivity contribution in [2.24, 2.45) is 0 Å². The molecule has 2 nitrogen and oxygen atoms in total. The number of halogens is 1. The summed E-state index contributed by atoms with van der Waals surface area (Å²) >= 11 is 6.03. The van der Waals surface area contributed by atoms with Gasteiger partial charge in [0.05, 0.1) is 10.7 Å². The Morgan fingerprint density at radius 2 is 2.31 bits per heavy atom. The fourth-order valence-electron chi connectivity index (χ4n) is 1.48. The maximum absolute atomic E-state index is 6.03. The van der Waals surface area contributed by atoms with Crippen LogP contribution in [0.25, 0.3) is 0 Å². The van der Waals surface area contributed by atoms with E-state index in [9.17, 15) is 0 Å². The molecule has 0 spiro atoms. The van der Waals surface area contributed by atoms with Gasteiger partial charge in [-0.1, -0.05) is 23.8 Å². The van der Waals surface area contributed by atoms with Crippen LogP contribution in [0.5, 0.6) is 0 Å². The van der Waals surface area contributed by atoms with Crippen molar-refractivity contribution < 1.29 is 0 Å². The highest BCUT2D eigenvalue weighted by Crippen LogP contribution is 2.25. The van der Waals surface area contributed by atoms with Crippen LogP contribution in [-0.2, 0) is 0 Å². The van der Waals surface area contributed by atoms with E-state index in [4.69, 9.17) is 11.6 Å². The Morgan fingerprint density at radius 3 is 3.00 bits per heavy atom. The zero-order valence-electron chi connectivity index (χ0n) is 7.28. The van der Waals surface area contributed by atoms with Crippen LogP contribution < -0.4 is 4.90 Å². The predicted molar refractivity (Wildman–Crippen MR) is 55.2 cm³/mol. The molecular formula is C10H11ClN2. The van der Waals surface area contributed by atoms with E-state index >= 15 is 0 Å². The van der Waals surface area contributed by atoms with Gasteiger partial charge >= 0.3 is 0 Å². The number of hydrogen-bond acceptors (Lipinski definition) is 2. The van der Waals surface area contributed by atoms with Crippen LogP contribution in [0.2, 0.25) is 5.02 Å². The normalized spacial score (nSPS) is 16.2. The molecule has 1 aromatic heterocycles. The molecule has 0 aromatic carbocycles. The van der Waals surface area contributed by atoms with E-state index in [-0.39, 0.29) is 0 Å². The van der Waals surface area contributed by atoms with Crippen molar-refractivity contribution in [2.45, 2.75) is 6.42 Å². The van der Waals surface area contributed by atoms with Crippen molar-refractivity contribution in [3.63, 3.8) is 0 Å². The van der Waals surface area contributed by atoms with Crippen LogP contribution in [0, 0.1) is 0 Å². The molecule has 68 valence electrons. The van der Waals surface area contributed by atoms with Gasteiger partial charge in [-0.3, -0.25) is 4.98 Å². The molecule has 2 rings (SSSR count). The summed E-state index contributed by atoms with van der Waals surface area (Å²) in [6, 6.07) is 1.96. The number of rotatable bonds is 1. The van der Waals surface area contributed by atoms with Crippen molar-refractivity contribution in [1.29, 1.82) is 0 Å². The van der Waals surface area contributed by atoms with Gasteiger partial charge in [0.15, 0.2) is 0 Å². The molecule has 0 fully saturated rings. The quantitative estimate of drug-likeness (QED) is 0.639. The topological polar surface area (TPSA) is 16.1 Å². The van der Waals surface area contributed by atoms with Gasteiger partial charge in [0.25, 0.3) is 0 Å². The largest absolute Gasteiger partial charge is 0.366 e. The van der Waals surface area contributed by atoms with Gasteiger partial charge in [0.2, 0.25) is 0 Å². The first-order chi connectivity index (χ1) is 6.38. The molecule has 13 heavy (non-hydrogen) atoms. The minimum absolute atomic E-state index is 0.734. The standard InChI is InChI=1S/C10H11ClN2/c11-9-8-12-5-4-10(9)13-6-2-1-3-7-13/h1-2,4-5,8H,3,6-7H2. The first-order valence-corrected chi connectivity index (χ1v) is 4.75. The summed E-state index contributed by atoms with van der Waals surface area (Å²) in [5.41, 5.74) is 1.08. The Hall–Kier alpha value is -1.02. The summed E-state index contributed by atoms with van der Waals surface area (Å²) in [5, 5.41) is 0.734. The lowest BCUT2D eigenvalue weighted by atomic mass is 10.2. The summed E-state index contributed by atoms with van der Waals surface area (Å²) in [4.78, 5) is 6.22. The Balaban J connectivity index is 2.24. The van der Waals surface area contributed by atoms with E-state index in [2.05, 4.69) is 22.0 Å². The highest BCUT2D eigenvalue weighted by atomic mass is 35.5. The molecule has 0 amide bonds. The van der Waals surface area contributed by atoms with Gasteiger partial charge in [0.1, 0.15) is 0 Å². The van der Waals surface area contributed by atoms with E-state index in [0.717, 1.165) is 30.2 Å². The molecule has 0 saturated heterocycles. The number of pyridine rings is 1. The highest BCUT2D eigenvalue weighted by Gasteiger charge is 2.09. The Kier molecular flexibility index (Phi) is 2.50. The van der Waals surface area contributed by atoms with Crippen molar-refractivity contribution in [2.75, 3.05) is 18.0 Å². The minimum atomic E-state index is 0.734. The molecule has 0 atom stereocenters. The van der Waals surface area contributed by atoms with E-state index in [0.29, 0.717) is 0 Å². The van der Waals surface area contributed by atoms with Crippen LogP contribution in [0.1, 0.15) is 6.42 Å². The summed E-state index contributed by atoms with van der Waals surface area (Å²) in [6.07, 6.45) is 8.93. The molecule has 1 aromatic rings. The lowest BCUT2D eigenvalue weighted by Gasteiger charge is -2.26. The molecule has 0 radical (unpaired) electrons. The summed E-state index contributed by atoms with van der Waals surface area (Å²) in [6.45, 7) is 1.99. The molecule has 2 heterocycles. The SMILES string of the molecule is Clc1cnccc1N1CC=CCC1.